The van der Waals surface area contributed by atoms with Crippen molar-refractivity contribution in [2.45, 2.75) is 32.4 Å². The van der Waals surface area contributed by atoms with Gasteiger partial charge in [-0.15, -0.1) is 11.3 Å². The summed E-state index contributed by atoms with van der Waals surface area (Å²) in [6.45, 7) is 2.26. The van der Waals surface area contributed by atoms with Gasteiger partial charge >= 0.3 is 5.97 Å². The van der Waals surface area contributed by atoms with Crippen LogP contribution >= 0.6 is 11.3 Å². The van der Waals surface area contributed by atoms with E-state index in [9.17, 15) is 9.59 Å². The van der Waals surface area contributed by atoms with Crippen LogP contribution in [0, 0.1) is 5.92 Å². The Morgan fingerprint density at radius 1 is 1.26 bits per heavy atom. The number of carbonyl (C=O) groups is 2. The molecule has 2 N–H and O–H groups in total. The van der Waals surface area contributed by atoms with Crippen LogP contribution in [0.3, 0.4) is 0 Å². The summed E-state index contributed by atoms with van der Waals surface area (Å²) in [5.74, 6) is 1.09. The average Bonchev–Trinajstić information content (AvgIpc) is 3.39. The summed E-state index contributed by atoms with van der Waals surface area (Å²) in [4.78, 5) is 26.3. The molecule has 0 bridgehead atoms. The lowest BCUT2D eigenvalue weighted by Gasteiger charge is -2.27. The number of anilines is 1. The smallest absolute Gasteiger partial charge is 0.336 e. The van der Waals surface area contributed by atoms with Gasteiger partial charge in [-0.2, -0.15) is 0 Å². The fourth-order valence-electron chi connectivity index (χ4n) is 4.07. The van der Waals surface area contributed by atoms with Gasteiger partial charge in [-0.25, -0.2) is 4.79 Å². The van der Waals surface area contributed by atoms with E-state index >= 15 is 0 Å². The third-order valence-corrected chi connectivity index (χ3v) is 6.81. The Hall–Kier alpha value is -3.32. The quantitative estimate of drug-likeness (QED) is 0.345. The number of esters is 1. The van der Waals surface area contributed by atoms with Crippen LogP contribution in [0.2, 0.25) is 0 Å². The van der Waals surface area contributed by atoms with Gasteiger partial charge in [0.2, 0.25) is 0 Å². The predicted molar refractivity (Wildman–Crippen MR) is 119 cm³/mol. The molecule has 31 heavy (non-hydrogen) atoms. The van der Waals surface area contributed by atoms with E-state index in [1.807, 2.05) is 6.07 Å². The van der Waals surface area contributed by atoms with Crippen molar-refractivity contribution < 1.29 is 18.7 Å². The number of furan rings is 1. The molecule has 1 amide bonds. The maximum absolute atomic E-state index is 12.9. The van der Waals surface area contributed by atoms with Crippen LogP contribution < -0.4 is 15.4 Å². The molecule has 2 aliphatic rings. The van der Waals surface area contributed by atoms with Gasteiger partial charge in [-0.05, 0) is 66.6 Å². The van der Waals surface area contributed by atoms with Crippen molar-refractivity contribution in [3.63, 3.8) is 0 Å². The summed E-state index contributed by atoms with van der Waals surface area (Å²) in [6.07, 6.45) is 7.13. The number of carbonyl (C=O) groups excluding carboxylic acids is 2. The van der Waals surface area contributed by atoms with E-state index in [-0.39, 0.29) is 12.1 Å². The van der Waals surface area contributed by atoms with E-state index in [0.717, 1.165) is 35.4 Å². The van der Waals surface area contributed by atoms with E-state index < -0.39 is 5.97 Å². The Labute approximate surface area is 183 Å². The van der Waals surface area contributed by atoms with Crippen LogP contribution in [0.25, 0.3) is 6.08 Å². The monoisotopic (exact) mass is 434 g/mol. The van der Waals surface area contributed by atoms with Crippen LogP contribution in [0.4, 0.5) is 5.00 Å². The second-order valence-corrected chi connectivity index (χ2v) is 9.05. The Bertz CT molecular complexity index is 1160. The summed E-state index contributed by atoms with van der Waals surface area (Å²) in [6, 6.07) is 10.7. The van der Waals surface area contributed by atoms with E-state index in [2.05, 4.69) is 17.6 Å². The molecule has 5 rings (SSSR count). The molecule has 0 unspecified atom stereocenters. The molecule has 2 aromatic heterocycles. The van der Waals surface area contributed by atoms with E-state index in [4.69, 9.17) is 9.15 Å². The summed E-state index contributed by atoms with van der Waals surface area (Å²) >= 11 is 1.69. The van der Waals surface area contributed by atoms with Crippen LogP contribution in [-0.2, 0) is 17.6 Å². The molecular formula is C24H22N2O4S. The molecule has 0 radical (unpaired) electrons. The first-order valence-corrected chi connectivity index (χ1v) is 11.1. The summed E-state index contributed by atoms with van der Waals surface area (Å²) in [5.41, 5.74) is 2.82. The standard InChI is InChI=1S/C24H22N2O4S/c1-14-7-9-18-19(12-14)31-24-21(18)23(28)25-22(26-24)15-4-2-5-17(13-15)30-20(27)10-8-16-6-3-11-29-16/h2-6,8,10-11,13-14,22,26H,7,9,12H2,1H3,(H,25,28)/b10-8+/t14-,22+/m0/s1. The van der Waals surface area contributed by atoms with Gasteiger partial charge in [0.05, 0.1) is 11.8 Å². The first kappa shape index (κ1) is 19.6. The Kier molecular flexibility index (Phi) is 5.11. The van der Waals surface area contributed by atoms with Crippen LogP contribution in [0.15, 0.2) is 53.2 Å². The zero-order chi connectivity index (χ0) is 21.4. The zero-order valence-corrected chi connectivity index (χ0v) is 17.8. The minimum absolute atomic E-state index is 0.0467. The van der Waals surface area contributed by atoms with Gasteiger partial charge in [0.1, 0.15) is 22.7 Å². The number of rotatable bonds is 4. The number of amides is 1. The molecule has 3 heterocycles. The van der Waals surface area contributed by atoms with Crippen molar-refractivity contribution in [2.24, 2.45) is 5.92 Å². The Morgan fingerprint density at radius 3 is 3.00 bits per heavy atom. The van der Waals surface area contributed by atoms with Crippen molar-refractivity contribution in [1.29, 1.82) is 0 Å². The third-order valence-electron chi connectivity index (χ3n) is 5.63. The molecule has 0 spiro atoms. The number of thiophene rings is 1. The third kappa shape index (κ3) is 4.01. The summed E-state index contributed by atoms with van der Waals surface area (Å²) in [7, 11) is 0. The molecule has 1 aliphatic carbocycles. The number of hydrogen-bond acceptors (Lipinski definition) is 6. The Morgan fingerprint density at radius 2 is 2.16 bits per heavy atom. The van der Waals surface area contributed by atoms with Gasteiger partial charge in [-0.1, -0.05) is 19.1 Å². The van der Waals surface area contributed by atoms with Crippen LogP contribution in [-0.4, -0.2) is 11.9 Å². The molecular weight excluding hydrogens is 412 g/mol. The lowest BCUT2D eigenvalue weighted by atomic mass is 9.88. The SMILES string of the molecule is C[C@H]1CCc2c(sc3c2C(=O)N[C@@H](c2cccc(OC(=O)/C=C/c4ccco4)c2)N3)C1. The molecule has 1 aromatic carbocycles. The lowest BCUT2D eigenvalue weighted by molar-refractivity contribution is -0.128. The van der Waals surface area contributed by atoms with E-state index in [1.54, 1.807) is 47.7 Å². The van der Waals surface area contributed by atoms with Gasteiger partial charge in [0.25, 0.3) is 5.91 Å². The minimum atomic E-state index is -0.503. The molecule has 2 atom stereocenters. The maximum Gasteiger partial charge on any atom is 0.336 e. The highest BCUT2D eigenvalue weighted by molar-refractivity contribution is 7.16. The van der Waals surface area contributed by atoms with Crippen molar-refractivity contribution in [1.82, 2.24) is 5.32 Å². The second kappa shape index (κ2) is 8.07. The highest BCUT2D eigenvalue weighted by atomic mass is 32.1. The number of ether oxygens (including phenoxy) is 1. The van der Waals surface area contributed by atoms with Crippen molar-refractivity contribution in [3.8, 4) is 5.75 Å². The fraction of sp³-hybridized carbons (Fsp3) is 0.250. The predicted octanol–water partition coefficient (Wildman–Crippen LogP) is 4.94. The van der Waals surface area contributed by atoms with Crippen LogP contribution in [0.1, 0.15) is 51.6 Å². The summed E-state index contributed by atoms with van der Waals surface area (Å²) < 4.78 is 10.6. The van der Waals surface area contributed by atoms with Crippen molar-refractivity contribution >= 4 is 34.3 Å². The van der Waals surface area contributed by atoms with Crippen LogP contribution in [0.5, 0.6) is 5.75 Å². The fourth-order valence-corrected chi connectivity index (χ4v) is 5.51. The molecule has 0 fully saturated rings. The lowest BCUT2D eigenvalue weighted by Crippen LogP contribution is -2.38. The largest absolute Gasteiger partial charge is 0.465 e. The molecule has 6 nitrogen and oxygen atoms in total. The number of fused-ring (bicyclic) bond motifs is 3. The molecule has 7 heteroatoms. The molecule has 158 valence electrons. The van der Waals surface area contributed by atoms with E-state index in [1.165, 1.54) is 22.8 Å². The number of hydrogen-bond donors (Lipinski definition) is 2. The Balaban J connectivity index is 1.32. The first-order chi connectivity index (χ1) is 15.1. The van der Waals surface area contributed by atoms with Gasteiger partial charge in [-0.3, -0.25) is 4.79 Å². The number of nitrogens with one attached hydrogen (secondary N) is 2. The summed E-state index contributed by atoms with van der Waals surface area (Å²) in [5, 5.41) is 7.44. The second-order valence-electron chi connectivity index (χ2n) is 7.95. The maximum atomic E-state index is 12.9. The molecule has 0 saturated carbocycles. The normalized spacial score (nSPS) is 20.0. The van der Waals surface area contributed by atoms with Gasteiger partial charge < -0.3 is 19.8 Å². The zero-order valence-electron chi connectivity index (χ0n) is 17.0. The van der Waals surface area contributed by atoms with Gasteiger partial charge in [0, 0.05) is 11.0 Å². The highest BCUT2D eigenvalue weighted by Gasteiger charge is 2.33. The van der Waals surface area contributed by atoms with E-state index in [0.29, 0.717) is 17.4 Å². The van der Waals surface area contributed by atoms with Gasteiger partial charge in [0.15, 0.2) is 0 Å². The molecule has 1 aliphatic heterocycles. The average molecular weight is 435 g/mol. The topological polar surface area (TPSA) is 80.6 Å². The highest BCUT2D eigenvalue weighted by Crippen LogP contribution is 2.42. The first-order valence-electron chi connectivity index (χ1n) is 10.3. The molecule has 3 aromatic rings. The van der Waals surface area contributed by atoms with Crippen molar-refractivity contribution in [3.05, 3.63) is 76.1 Å². The van der Waals surface area contributed by atoms with Crippen molar-refractivity contribution in [2.75, 3.05) is 5.32 Å². The minimum Gasteiger partial charge on any atom is -0.465 e. The molecule has 0 saturated heterocycles. The number of benzene rings is 1.